The first kappa shape index (κ1) is 7.80. The van der Waals surface area contributed by atoms with Crippen LogP contribution in [0.1, 0.15) is 32.6 Å². The van der Waals surface area contributed by atoms with Gasteiger partial charge in [-0.3, -0.25) is 0 Å². The Morgan fingerprint density at radius 3 is 2.90 bits per heavy atom. The highest BCUT2D eigenvalue weighted by Crippen LogP contribution is 2.26. The lowest BCUT2D eigenvalue weighted by molar-refractivity contribution is 0.241. The number of aliphatic hydroxyl groups is 1. The van der Waals surface area contributed by atoms with Crippen LogP contribution in [-0.4, -0.2) is 11.7 Å². The quantitative estimate of drug-likeness (QED) is 0.595. The molecule has 1 unspecified atom stereocenters. The Bertz CT molecular complexity index is 123. The minimum absolute atomic E-state index is 0.336. The van der Waals surface area contributed by atoms with Crippen molar-refractivity contribution in [3.63, 3.8) is 0 Å². The number of hydrogen-bond acceptors (Lipinski definition) is 1. The van der Waals surface area contributed by atoms with Gasteiger partial charge in [0.1, 0.15) is 0 Å². The Kier molecular flexibility index (Phi) is 2.94. The normalized spacial score (nSPS) is 20.8. The molecule has 0 spiro atoms. The Morgan fingerprint density at radius 2 is 2.50 bits per heavy atom. The lowest BCUT2D eigenvalue weighted by Crippen LogP contribution is -2.06. The first-order valence-corrected chi connectivity index (χ1v) is 4.18. The van der Waals surface area contributed by atoms with E-state index in [4.69, 9.17) is 5.11 Å². The van der Waals surface area contributed by atoms with Crippen molar-refractivity contribution in [3.8, 4) is 0 Å². The zero-order chi connectivity index (χ0) is 7.40. The lowest BCUT2D eigenvalue weighted by atomic mass is 9.97. The zero-order valence-electron chi connectivity index (χ0n) is 6.64. The highest BCUT2D eigenvalue weighted by atomic mass is 16.3. The summed E-state index contributed by atoms with van der Waals surface area (Å²) in [5.74, 6) is 0.461. The van der Waals surface area contributed by atoms with Gasteiger partial charge in [0.2, 0.25) is 0 Å². The predicted octanol–water partition coefficient (Wildman–Crippen LogP) is 2.12. The molecule has 1 aliphatic rings. The van der Waals surface area contributed by atoms with Crippen LogP contribution in [0.3, 0.4) is 0 Å². The van der Waals surface area contributed by atoms with Crippen LogP contribution in [-0.2, 0) is 0 Å². The molecule has 0 heterocycles. The van der Waals surface area contributed by atoms with E-state index in [9.17, 15) is 0 Å². The van der Waals surface area contributed by atoms with Crippen molar-refractivity contribution in [2.24, 2.45) is 5.92 Å². The van der Waals surface area contributed by atoms with E-state index in [1.165, 1.54) is 24.8 Å². The molecule has 10 heavy (non-hydrogen) atoms. The van der Waals surface area contributed by atoms with Crippen LogP contribution in [0.5, 0.6) is 0 Å². The molecule has 1 atom stereocenters. The molecular formula is C9H16O. The maximum absolute atomic E-state index is 8.95. The standard InChI is InChI=1S/C9H16O/c1-2-8(7-10)9-5-3-4-6-9/h5,8,10H,2-4,6-7H2,1H3. The first-order chi connectivity index (χ1) is 4.88. The van der Waals surface area contributed by atoms with Gasteiger partial charge in [0.25, 0.3) is 0 Å². The zero-order valence-corrected chi connectivity index (χ0v) is 6.64. The fourth-order valence-electron chi connectivity index (χ4n) is 1.58. The van der Waals surface area contributed by atoms with Gasteiger partial charge in [0.05, 0.1) is 0 Å². The van der Waals surface area contributed by atoms with Gasteiger partial charge in [-0.05, 0) is 25.7 Å². The topological polar surface area (TPSA) is 20.2 Å². The van der Waals surface area contributed by atoms with E-state index >= 15 is 0 Å². The smallest absolute Gasteiger partial charge is 0.0496 e. The summed E-state index contributed by atoms with van der Waals surface area (Å²) in [5.41, 5.74) is 1.49. The SMILES string of the molecule is CCC(CO)C1=CCCC1. The highest BCUT2D eigenvalue weighted by molar-refractivity contribution is 5.11. The van der Waals surface area contributed by atoms with Crippen LogP contribution >= 0.6 is 0 Å². The predicted molar refractivity (Wildman–Crippen MR) is 42.8 cm³/mol. The summed E-state index contributed by atoms with van der Waals surface area (Å²) in [6.07, 6.45) is 7.13. The van der Waals surface area contributed by atoms with Gasteiger partial charge in [0, 0.05) is 12.5 Å². The maximum atomic E-state index is 8.95. The van der Waals surface area contributed by atoms with Crippen LogP contribution in [0.2, 0.25) is 0 Å². The Labute approximate surface area is 62.8 Å². The van der Waals surface area contributed by atoms with E-state index in [0.29, 0.717) is 12.5 Å². The first-order valence-electron chi connectivity index (χ1n) is 4.18. The minimum atomic E-state index is 0.336. The van der Waals surface area contributed by atoms with Gasteiger partial charge in [-0.1, -0.05) is 18.6 Å². The molecule has 1 rings (SSSR count). The van der Waals surface area contributed by atoms with Crippen molar-refractivity contribution in [2.45, 2.75) is 32.6 Å². The molecule has 0 aromatic heterocycles. The molecule has 58 valence electrons. The number of aliphatic hydroxyl groups excluding tert-OH is 1. The van der Waals surface area contributed by atoms with Crippen molar-refractivity contribution in [2.75, 3.05) is 6.61 Å². The van der Waals surface area contributed by atoms with Gasteiger partial charge >= 0.3 is 0 Å². The summed E-state index contributed by atoms with van der Waals surface area (Å²) in [4.78, 5) is 0. The van der Waals surface area contributed by atoms with Crippen LogP contribution in [0.4, 0.5) is 0 Å². The second-order valence-corrected chi connectivity index (χ2v) is 2.96. The molecule has 1 N–H and O–H groups in total. The van der Waals surface area contributed by atoms with Crippen LogP contribution in [0.25, 0.3) is 0 Å². The van der Waals surface area contributed by atoms with E-state index in [0.717, 1.165) is 6.42 Å². The third-order valence-corrected chi connectivity index (χ3v) is 2.31. The Hall–Kier alpha value is -0.300. The summed E-state index contributed by atoms with van der Waals surface area (Å²) in [7, 11) is 0. The van der Waals surface area contributed by atoms with E-state index in [2.05, 4.69) is 13.0 Å². The van der Waals surface area contributed by atoms with Crippen molar-refractivity contribution >= 4 is 0 Å². The largest absolute Gasteiger partial charge is 0.396 e. The molecule has 1 heteroatoms. The maximum Gasteiger partial charge on any atom is 0.0496 e. The summed E-state index contributed by atoms with van der Waals surface area (Å²) >= 11 is 0. The average Bonchev–Trinajstić information content (AvgIpc) is 2.43. The molecule has 0 bridgehead atoms. The number of rotatable bonds is 3. The fraction of sp³-hybridized carbons (Fsp3) is 0.778. The second kappa shape index (κ2) is 3.77. The molecule has 0 saturated heterocycles. The van der Waals surface area contributed by atoms with Gasteiger partial charge in [-0.15, -0.1) is 0 Å². The van der Waals surface area contributed by atoms with Crippen LogP contribution in [0.15, 0.2) is 11.6 Å². The van der Waals surface area contributed by atoms with E-state index < -0.39 is 0 Å². The lowest BCUT2D eigenvalue weighted by Gasteiger charge is -2.11. The van der Waals surface area contributed by atoms with Gasteiger partial charge in [-0.25, -0.2) is 0 Å². The summed E-state index contributed by atoms with van der Waals surface area (Å²) in [5, 5.41) is 8.95. The number of hydrogen-bond donors (Lipinski definition) is 1. The third-order valence-electron chi connectivity index (χ3n) is 2.31. The molecule has 0 aliphatic heterocycles. The molecule has 0 fully saturated rings. The summed E-state index contributed by atoms with van der Waals surface area (Å²) in [6.45, 7) is 2.47. The van der Waals surface area contributed by atoms with Crippen molar-refractivity contribution < 1.29 is 5.11 Å². The average molecular weight is 140 g/mol. The molecule has 1 aliphatic carbocycles. The molecule has 0 saturated carbocycles. The highest BCUT2D eigenvalue weighted by Gasteiger charge is 2.13. The third kappa shape index (κ3) is 1.60. The summed E-state index contributed by atoms with van der Waals surface area (Å²) in [6, 6.07) is 0. The van der Waals surface area contributed by atoms with Gasteiger partial charge in [-0.2, -0.15) is 0 Å². The van der Waals surface area contributed by atoms with Gasteiger partial charge < -0.3 is 5.11 Å². The molecule has 0 aromatic carbocycles. The van der Waals surface area contributed by atoms with E-state index in [1.807, 2.05) is 0 Å². The fourth-order valence-corrected chi connectivity index (χ4v) is 1.58. The minimum Gasteiger partial charge on any atom is -0.396 e. The van der Waals surface area contributed by atoms with Crippen LogP contribution in [0, 0.1) is 5.92 Å². The molecular weight excluding hydrogens is 124 g/mol. The molecule has 0 radical (unpaired) electrons. The molecule has 0 aromatic rings. The molecule has 1 nitrogen and oxygen atoms in total. The Morgan fingerprint density at radius 1 is 1.70 bits per heavy atom. The van der Waals surface area contributed by atoms with E-state index in [-0.39, 0.29) is 0 Å². The number of allylic oxidation sites excluding steroid dienone is 1. The molecule has 0 amide bonds. The van der Waals surface area contributed by atoms with E-state index in [1.54, 1.807) is 0 Å². The monoisotopic (exact) mass is 140 g/mol. The van der Waals surface area contributed by atoms with Crippen molar-refractivity contribution in [1.29, 1.82) is 0 Å². The van der Waals surface area contributed by atoms with Gasteiger partial charge in [0.15, 0.2) is 0 Å². The Balaban J connectivity index is 2.44. The van der Waals surface area contributed by atoms with Crippen LogP contribution < -0.4 is 0 Å². The van der Waals surface area contributed by atoms with Crippen molar-refractivity contribution in [1.82, 2.24) is 0 Å². The van der Waals surface area contributed by atoms with Crippen molar-refractivity contribution in [3.05, 3.63) is 11.6 Å². The summed E-state index contributed by atoms with van der Waals surface area (Å²) < 4.78 is 0. The second-order valence-electron chi connectivity index (χ2n) is 2.96.